The lowest BCUT2D eigenvalue weighted by Gasteiger charge is -2.32. The van der Waals surface area contributed by atoms with Gasteiger partial charge in [0.1, 0.15) is 18.1 Å². The Morgan fingerprint density at radius 3 is 2.72 bits per heavy atom. The van der Waals surface area contributed by atoms with Crippen molar-refractivity contribution in [2.75, 3.05) is 20.2 Å². The van der Waals surface area contributed by atoms with Gasteiger partial charge in [0.05, 0.1) is 6.20 Å². The zero-order valence-electron chi connectivity index (χ0n) is 14.9. The van der Waals surface area contributed by atoms with Gasteiger partial charge in [0.2, 0.25) is 0 Å². The molecule has 0 atom stereocenters. The number of piperidine rings is 1. The second kappa shape index (κ2) is 8.20. The molecule has 1 fully saturated rings. The molecule has 0 bridgehead atoms. The van der Waals surface area contributed by atoms with Gasteiger partial charge in [-0.1, -0.05) is 0 Å². The molecule has 0 spiro atoms. The molecule has 1 aliphatic rings. The van der Waals surface area contributed by atoms with E-state index in [1.165, 1.54) is 11.9 Å². The van der Waals surface area contributed by atoms with Gasteiger partial charge >= 0.3 is 0 Å². The van der Waals surface area contributed by atoms with Gasteiger partial charge in [0.25, 0.3) is 5.91 Å². The van der Waals surface area contributed by atoms with E-state index in [0.29, 0.717) is 18.2 Å². The molecule has 0 aliphatic carbocycles. The number of hydrogen-bond acceptors (Lipinski definition) is 5. The molecule has 0 radical (unpaired) electrons. The fraction of sp³-hybridized carbons (Fsp3) is 0.556. The van der Waals surface area contributed by atoms with Crippen LogP contribution >= 0.6 is 0 Å². The highest BCUT2D eigenvalue weighted by Gasteiger charge is 2.24. The van der Waals surface area contributed by atoms with E-state index in [-0.39, 0.29) is 5.91 Å². The van der Waals surface area contributed by atoms with Crippen molar-refractivity contribution in [3.63, 3.8) is 0 Å². The maximum atomic E-state index is 12.4. The summed E-state index contributed by atoms with van der Waals surface area (Å²) in [7, 11) is 1.69. The fourth-order valence-corrected chi connectivity index (χ4v) is 3.37. The molecule has 25 heavy (non-hydrogen) atoms. The minimum absolute atomic E-state index is 0.0145. The number of nitrogens with zero attached hydrogens (tertiary/aromatic N) is 5. The molecule has 2 aromatic rings. The standard InChI is InChI=1S/C18H25N5O2/c1-14-11-21-17(13-25-2)23(14)10-5-15-3-8-22(9-4-15)18(24)16-12-19-6-7-20-16/h6-7,11-12,15H,3-5,8-10,13H2,1-2H3. The monoisotopic (exact) mass is 343 g/mol. The highest BCUT2D eigenvalue weighted by Crippen LogP contribution is 2.23. The molecular formula is C18H25N5O2. The maximum Gasteiger partial charge on any atom is 0.274 e. The lowest BCUT2D eigenvalue weighted by atomic mass is 9.93. The number of carbonyl (C=O) groups is 1. The largest absolute Gasteiger partial charge is 0.377 e. The number of amides is 1. The minimum Gasteiger partial charge on any atom is -0.377 e. The molecule has 1 saturated heterocycles. The average molecular weight is 343 g/mol. The van der Waals surface area contributed by atoms with Crippen LogP contribution in [0.3, 0.4) is 0 Å². The lowest BCUT2D eigenvalue weighted by Crippen LogP contribution is -2.39. The van der Waals surface area contributed by atoms with E-state index in [4.69, 9.17) is 4.74 Å². The van der Waals surface area contributed by atoms with Crippen LogP contribution < -0.4 is 0 Å². The molecule has 3 rings (SSSR count). The maximum absolute atomic E-state index is 12.4. The molecule has 2 aromatic heterocycles. The number of hydrogen-bond donors (Lipinski definition) is 0. The van der Waals surface area contributed by atoms with Crippen LogP contribution in [0.4, 0.5) is 0 Å². The van der Waals surface area contributed by atoms with Gasteiger partial charge in [-0.25, -0.2) is 9.97 Å². The van der Waals surface area contributed by atoms with E-state index in [9.17, 15) is 4.79 Å². The molecule has 1 amide bonds. The summed E-state index contributed by atoms with van der Waals surface area (Å²) in [6.07, 6.45) is 9.73. The number of methoxy groups -OCH3 is 1. The van der Waals surface area contributed by atoms with Gasteiger partial charge in [-0.05, 0) is 32.1 Å². The first-order valence-corrected chi connectivity index (χ1v) is 8.74. The predicted octanol–water partition coefficient (Wildman–Crippen LogP) is 2.07. The smallest absolute Gasteiger partial charge is 0.274 e. The average Bonchev–Trinajstić information content (AvgIpc) is 3.00. The fourth-order valence-electron chi connectivity index (χ4n) is 3.37. The third-order valence-corrected chi connectivity index (χ3v) is 4.86. The van der Waals surface area contributed by atoms with Crippen molar-refractivity contribution >= 4 is 5.91 Å². The Kier molecular flexibility index (Phi) is 5.75. The number of likely N-dealkylation sites (tertiary alicyclic amines) is 1. The summed E-state index contributed by atoms with van der Waals surface area (Å²) in [6.45, 7) is 5.14. The number of aryl methyl sites for hydroxylation is 1. The third kappa shape index (κ3) is 4.22. The Morgan fingerprint density at radius 1 is 1.24 bits per heavy atom. The SMILES string of the molecule is COCc1ncc(C)n1CCC1CCN(C(=O)c2cnccn2)CC1. The Morgan fingerprint density at radius 2 is 2.04 bits per heavy atom. The van der Waals surface area contributed by atoms with Crippen LogP contribution in [0.25, 0.3) is 0 Å². The normalized spacial score (nSPS) is 15.5. The van der Waals surface area contributed by atoms with Gasteiger partial charge in [-0.3, -0.25) is 9.78 Å². The number of imidazole rings is 1. The van der Waals surface area contributed by atoms with Crippen molar-refractivity contribution in [1.82, 2.24) is 24.4 Å². The summed E-state index contributed by atoms with van der Waals surface area (Å²) in [5.74, 6) is 1.60. The van der Waals surface area contributed by atoms with Gasteiger partial charge < -0.3 is 14.2 Å². The summed E-state index contributed by atoms with van der Waals surface area (Å²) >= 11 is 0. The number of aromatic nitrogens is 4. The van der Waals surface area contributed by atoms with Crippen molar-refractivity contribution in [2.24, 2.45) is 5.92 Å². The Labute approximate surface area is 148 Å². The first-order valence-electron chi connectivity index (χ1n) is 8.74. The third-order valence-electron chi connectivity index (χ3n) is 4.86. The predicted molar refractivity (Wildman–Crippen MR) is 93.0 cm³/mol. The number of ether oxygens (including phenoxy) is 1. The molecule has 0 N–H and O–H groups in total. The summed E-state index contributed by atoms with van der Waals surface area (Å²) in [6, 6.07) is 0. The summed E-state index contributed by atoms with van der Waals surface area (Å²) in [5.41, 5.74) is 1.60. The first kappa shape index (κ1) is 17.5. The molecule has 0 aromatic carbocycles. The molecule has 0 saturated carbocycles. The first-order chi connectivity index (χ1) is 12.2. The van der Waals surface area contributed by atoms with Crippen LogP contribution in [0.5, 0.6) is 0 Å². The molecule has 7 nitrogen and oxygen atoms in total. The van der Waals surface area contributed by atoms with E-state index in [2.05, 4.69) is 26.4 Å². The quantitative estimate of drug-likeness (QED) is 0.803. The van der Waals surface area contributed by atoms with Crippen LogP contribution in [0, 0.1) is 12.8 Å². The molecule has 3 heterocycles. The Hall–Kier alpha value is -2.28. The van der Waals surface area contributed by atoms with Crippen molar-refractivity contribution in [3.05, 3.63) is 42.0 Å². The molecule has 134 valence electrons. The highest BCUT2D eigenvalue weighted by molar-refractivity contribution is 5.91. The zero-order chi connectivity index (χ0) is 17.6. The van der Waals surface area contributed by atoms with E-state index >= 15 is 0 Å². The summed E-state index contributed by atoms with van der Waals surface area (Å²) in [5, 5.41) is 0. The van der Waals surface area contributed by atoms with E-state index in [1.54, 1.807) is 19.5 Å². The second-order valence-corrected chi connectivity index (χ2v) is 6.52. The molecule has 7 heteroatoms. The van der Waals surface area contributed by atoms with Gasteiger partial charge in [-0.15, -0.1) is 0 Å². The van der Waals surface area contributed by atoms with Crippen LogP contribution in [-0.2, 0) is 17.9 Å². The lowest BCUT2D eigenvalue weighted by molar-refractivity contribution is 0.0678. The minimum atomic E-state index is -0.0145. The highest BCUT2D eigenvalue weighted by atomic mass is 16.5. The number of carbonyl (C=O) groups excluding carboxylic acids is 1. The molecule has 1 aliphatic heterocycles. The van der Waals surface area contributed by atoms with Crippen LogP contribution in [0.15, 0.2) is 24.8 Å². The van der Waals surface area contributed by atoms with E-state index in [1.807, 2.05) is 11.1 Å². The Bertz CT molecular complexity index is 693. The van der Waals surface area contributed by atoms with Crippen molar-refractivity contribution < 1.29 is 9.53 Å². The summed E-state index contributed by atoms with van der Waals surface area (Å²) < 4.78 is 7.45. The van der Waals surface area contributed by atoms with Gasteiger partial charge in [-0.2, -0.15) is 0 Å². The van der Waals surface area contributed by atoms with Crippen LogP contribution in [0.2, 0.25) is 0 Å². The molecule has 0 unspecified atom stereocenters. The van der Waals surface area contributed by atoms with E-state index in [0.717, 1.165) is 44.7 Å². The number of rotatable bonds is 6. The van der Waals surface area contributed by atoms with Gasteiger partial charge in [0.15, 0.2) is 0 Å². The Balaban J connectivity index is 1.50. The van der Waals surface area contributed by atoms with Gasteiger partial charge in [0, 0.05) is 51.0 Å². The molecular weight excluding hydrogens is 318 g/mol. The second-order valence-electron chi connectivity index (χ2n) is 6.52. The van der Waals surface area contributed by atoms with Crippen molar-refractivity contribution in [2.45, 2.75) is 39.3 Å². The van der Waals surface area contributed by atoms with Crippen LogP contribution in [-0.4, -0.2) is 50.5 Å². The topological polar surface area (TPSA) is 73.1 Å². The van der Waals surface area contributed by atoms with Crippen LogP contribution in [0.1, 0.15) is 41.3 Å². The van der Waals surface area contributed by atoms with E-state index < -0.39 is 0 Å². The summed E-state index contributed by atoms with van der Waals surface area (Å²) in [4.78, 5) is 26.8. The van der Waals surface area contributed by atoms with Crippen molar-refractivity contribution in [3.8, 4) is 0 Å². The zero-order valence-corrected chi connectivity index (χ0v) is 14.9. The van der Waals surface area contributed by atoms with Crippen molar-refractivity contribution in [1.29, 1.82) is 0 Å².